The molecule has 2 heterocycles. The van der Waals surface area contributed by atoms with Gasteiger partial charge in [0.05, 0.1) is 17.1 Å². The topological polar surface area (TPSA) is 102 Å². The summed E-state index contributed by atoms with van der Waals surface area (Å²) in [6.45, 7) is 4.36. The molecule has 9 nitrogen and oxygen atoms in total. The van der Waals surface area contributed by atoms with Gasteiger partial charge in [0.2, 0.25) is 5.91 Å². The van der Waals surface area contributed by atoms with E-state index in [2.05, 4.69) is 25.1 Å². The molecular weight excluding hydrogens is 593 g/mol. The predicted octanol–water partition coefficient (Wildman–Crippen LogP) is 6.48. The second-order valence-electron chi connectivity index (χ2n) is 9.94. The Morgan fingerprint density at radius 3 is 2.64 bits per heavy atom. The number of nitrogens with zero attached hydrogens (tertiary/aromatic N) is 5. The molecule has 1 aromatic heterocycles. The van der Waals surface area contributed by atoms with Crippen LogP contribution in [0.5, 0.6) is 5.75 Å². The highest BCUT2D eigenvalue weighted by molar-refractivity contribution is 8.15. The molecule has 0 spiro atoms. The summed E-state index contributed by atoms with van der Waals surface area (Å²) in [7, 11) is 0. The van der Waals surface area contributed by atoms with Crippen molar-refractivity contribution in [3.05, 3.63) is 89.7 Å². The average molecular weight is 623 g/mol. The maximum atomic E-state index is 12.7. The number of urea groups is 1. The zero-order chi connectivity index (χ0) is 31.3. The number of benzene rings is 3. The first-order chi connectivity index (χ1) is 21.1. The maximum Gasteiger partial charge on any atom is 0.573 e. The van der Waals surface area contributed by atoms with Gasteiger partial charge in [-0.3, -0.25) is 9.69 Å². The Morgan fingerprint density at radius 1 is 1.11 bits per heavy atom. The molecule has 228 valence electrons. The van der Waals surface area contributed by atoms with Crippen molar-refractivity contribution in [3.63, 3.8) is 0 Å². The molecule has 13 heteroatoms. The standard InChI is InChI=1S/C31H29F3N6O3S/c1-3-22-10-4-7-20(2)27(22)40-26(41)18-44-30(40)37-29(42)35-16-6-9-21-8-5-11-23(17-21)28-36-19-39(38-28)24-12-14-25(15-13-24)43-31(32,33)34/h4-5,7-8,10-15,17,19H,3,6,9,16,18H2,1-2H3,(H,35,42)/b37-30-. The fraction of sp³-hybridized carbons (Fsp3) is 0.258. The first kappa shape index (κ1) is 30.8. The number of nitrogens with one attached hydrogen (secondary N) is 1. The molecule has 3 amide bonds. The number of anilines is 1. The first-order valence-electron chi connectivity index (χ1n) is 13.9. The van der Waals surface area contributed by atoms with Crippen LogP contribution in [0.1, 0.15) is 30.0 Å². The number of thioether (sulfide) groups is 1. The summed E-state index contributed by atoms with van der Waals surface area (Å²) in [5.74, 6) is 0.272. The number of carbonyl (C=O) groups is 2. The van der Waals surface area contributed by atoms with Crippen LogP contribution in [0.3, 0.4) is 0 Å². The lowest BCUT2D eigenvalue weighted by molar-refractivity contribution is -0.274. The van der Waals surface area contributed by atoms with Crippen molar-refractivity contribution in [1.82, 2.24) is 20.1 Å². The molecule has 0 radical (unpaired) electrons. The van der Waals surface area contributed by atoms with Gasteiger partial charge in [0, 0.05) is 12.1 Å². The molecule has 1 aliphatic heterocycles. The number of alkyl halides is 3. The van der Waals surface area contributed by atoms with Crippen molar-refractivity contribution >= 4 is 34.6 Å². The Bertz CT molecular complexity index is 1690. The highest BCUT2D eigenvalue weighted by Crippen LogP contribution is 2.33. The molecular formula is C31H29F3N6O3S. The third-order valence-corrected chi connectivity index (χ3v) is 7.74. The number of hydrogen-bond acceptors (Lipinski definition) is 6. The molecule has 1 N–H and O–H groups in total. The molecule has 1 saturated heterocycles. The van der Waals surface area contributed by atoms with Crippen molar-refractivity contribution in [3.8, 4) is 22.8 Å². The minimum atomic E-state index is -4.76. The SMILES string of the molecule is CCc1cccc(C)c1N1C(=O)CS/C1=N\C(=O)NCCCc1cccc(-c2ncn(-c3ccc(OC(F)(F)F)cc3)n2)c1. The van der Waals surface area contributed by atoms with Gasteiger partial charge >= 0.3 is 12.4 Å². The first-order valence-corrected chi connectivity index (χ1v) is 14.9. The van der Waals surface area contributed by atoms with Gasteiger partial charge in [0.25, 0.3) is 0 Å². The van der Waals surface area contributed by atoms with E-state index >= 15 is 0 Å². The van der Waals surface area contributed by atoms with Crippen LogP contribution in [0.2, 0.25) is 0 Å². The van der Waals surface area contributed by atoms with Gasteiger partial charge in [-0.25, -0.2) is 14.5 Å². The third-order valence-electron chi connectivity index (χ3n) is 6.82. The summed E-state index contributed by atoms with van der Waals surface area (Å²) < 4.78 is 42.6. The Morgan fingerprint density at radius 2 is 1.89 bits per heavy atom. The van der Waals surface area contributed by atoms with Crippen LogP contribution in [0.15, 0.2) is 78.0 Å². The van der Waals surface area contributed by atoms with Crippen molar-refractivity contribution in [2.75, 3.05) is 17.2 Å². The van der Waals surface area contributed by atoms with Gasteiger partial charge < -0.3 is 10.1 Å². The van der Waals surface area contributed by atoms with Gasteiger partial charge in [0.1, 0.15) is 12.1 Å². The predicted molar refractivity (Wildman–Crippen MR) is 163 cm³/mol. The molecule has 4 aromatic rings. The molecule has 3 aromatic carbocycles. The fourth-order valence-corrected chi connectivity index (χ4v) is 5.64. The van der Waals surface area contributed by atoms with Crippen LogP contribution in [-0.4, -0.2) is 50.5 Å². The van der Waals surface area contributed by atoms with Gasteiger partial charge in [0.15, 0.2) is 11.0 Å². The van der Waals surface area contributed by atoms with E-state index in [4.69, 9.17) is 0 Å². The summed E-state index contributed by atoms with van der Waals surface area (Å²) >= 11 is 1.25. The number of halogens is 3. The number of rotatable bonds is 9. The Hall–Kier alpha value is -4.65. The number of hydrogen-bond donors (Lipinski definition) is 1. The van der Waals surface area contributed by atoms with E-state index in [1.165, 1.54) is 47.0 Å². The molecule has 44 heavy (non-hydrogen) atoms. The van der Waals surface area contributed by atoms with E-state index < -0.39 is 12.4 Å². The summed E-state index contributed by atoms with van der Waals surface area (Å²) in [4.78, 5) is 35.5. The second-order valence-corrected chi connectivity index (χ2v) is 10.9. The number of amides is 3. The lowest BCUT2D eigenvalue weighted by atomic mass is 10.0. The molecule has 0 aliphatic carbocycles. The van der Waals surface area contributed by atoms with Crippen LogP contribution in [0.4, 0.5) is 23.7 Å². The molecule has 0 atom stereocenters. The monoisotopic (exact) mass is 622 g/mol. The van der Waals surface area contributed by atoms with Crippen molar-refractivity contribution in [2.45, 2.75) is 39.5 Å². The Kier molecular flexibility index (Phi) is 9.33. The van der Waals surface area contributed by atoms with Crippen molar-refractivity contribution in [2.24, 2.45) is 4.99 Å². The fourth-order valence-electron chi connectivity index (χ4n) is 4.79. The minimum absolute atomic E-state index is 0.0989. The van der Waals surface area contributed by atoms with Crippen molar-refractivity contribution < 1.29 is 27.5 Å². The third kappa shape index (κ3) is 7.46. The maximum absolute atomic E-state index is 12.7. The Balaban J connectivity index is 1.16. The molecule has 1 aliphatic rings. The van der Waals surface area contributed by atoms with Crippen LogP contribution in [0.25, 0.3) is 17.1 Å². The van der Waals surface area contributed by atoms with Crippen LogP contribution in [-0.2, 0) is 17.6 Å². The van der Waals surface area contributed by atoms with Crippen LogP contribution in [0, 0.1) is 6.92 Å². The normalized spacial score (nSPS) is 14.3. The molecule has 0 saturated carbocycles. The second kappa shape index (κ2) is 13.3. The zero-order valence-electron chi connectivity index (χ0n) is 24.0. The van der Waals surface area contributed by atoms with Gasteiger partial charge in [-0.15, -0.1) is 18.3 Å². The van der Waals surface area contributed by atoms with Crippen LogP contribution >= 0.6 is 11.8 Å². The van der Waals surface area contributed by atoms with E-state index in [1.54, 1.807) is 4.90 Å². The molecule has 0 bridgehead atoms. The number of aliphatic imine (C=N–C) groups is 1. The van der Waals surface area contributed by atoms with E-state index in [0.717, 1.165) is 34.4 Å². The lowest BCUT2D eigenvalue weighted by Crippen LogP contribution is -2.32. The summed E-state index contributed by atoms with van der Waals surface area (Å²) in [5.41, 5.74) is 5.09. The number of para-hydroxylation sites is 1. The Labute approximate surface area is 256 Å². The van der Waals surface area contributed by atoms with E-state index in [1.807, 2.05) is 56.3 Å². The molecule has 0 unspecified atom stereocenters. The number of carbonyl (C=O) groups excluding carboxylic acids is 2. The highest BCUT2D eigenvalue weighted by Gasteiger charge is 2.33. The average Bonchev–Trinajstić information content (AvgIpc) is 3.62. The van der Waals surface area contributed by atoms with E-state index in [0.29, 0.717) is 36.1 Å². The summed E-state index contributed by atoms with van der Waals surface area (Å²) in [6.07, 6.45) is -1.19. The van der Waals surface area contributed by atoms with Crippen molar-refractivity contribution in [1.29, 1.82) is 0 Å². The number of aromatic nitrogens is 3. The van der Waals surface area contributed by atoms with Gasteiger partial charge in [-0.2, -0.15) is 4.99 Å². The number of ether oxygens (including phenoxy) is 1. The summed E-state index contributed by atoms with van der Waals surface area (Å²) in [6, 6.07) is 18.4. The summed E-state index contributed by atoms with van der Waals surface area (Å²) in [5, 5.41) is 7.65. The van der Waals surface area contributed by atoms with Crippen LogP contribution < -0.4 is 15.0 Å². The zero-order valence-corrected chi connectivity index (χ0v) is 24.8. The van der Waals surface area contributed by atoms with E-state index in [-0.39, 0.29) is 17.4 Å². The van der Waals surface area contributed by atoms with Gasteiger partial charge in [-0.05, 0) is 73.2 Å². The smallest absolute Gasteiger partial charge is 0.406 e. The quantitative estimate of drug-likeness (QED) is 0.215. The lowest BCUT2D eigenvalue weighted by Gasteiger charge is -2.21. The highest BCUT2D eigenvalue weighted by atomic mass is 32.2. The van der Waals surface area contributed by atoms with Gasteiger partial charge in [-0.1, -0.05) is 55.1 Å². The minimum Gasteiger partial charge on any atom is -0.406 e. The van der Waals surface area contributed by atoms with E-state index in [9.17, 15) is 22.8 Å². The molecule has 5 rings (SSSR count). The molecule has 1 fully saturated rings. The largest absolute Gasteiger partial charge is 0.573 e. The number of aryl methyl sites for hydroxylation is 3. The number of amidine groups is 1.